The van der Waals surface area contributed by atoms with Gasteiger partial charge in [0.05, 0.1) is 0 Å². The van der Waals surface area contributed by atoms with E-state index in [1.807, 2.05) is 0 Å². The van der Waals surface area contributed by atoms with Crippen LogP contribution < -0.4 is 0 Å². The van der Waals surface area contributed by atoms with E-state index in [0.29, 0.717) is 0 Å². The van der Waals surface area contributed by atoms with Crippen LogP contribution in [0.2, 0.25) is 0 Å². The Morgan fingerprint density at radius 1 is 1.00 bits per heavy atom. The van der Waals surface area contributed by atoms with E-state index >= 15 is 0 Å². The minimum absolute atomic E-state index is 0. The Morgan fingerprint density at radius 3 is 1.00 bits per heavy atom. The quantitative estimate of drug-likeness (QED) is 0.512. The molecule has 4 heavy (non-hydrogen) atoms. The summed E-state index contributed by atoms with van der Waals surface area (Å²) in [7, 11) is 0. The minimum atomic E-state index is 0. The van der Waals surface area contributed by atoms with Crippen molar-refractivity contribution < 1.29 is 37.6 Å². The summed E-state index contributed by atoms with van der Waals surface area (Å²) < 4.78 is 0. The smallest absolute Gasteiger partial charge is 0 e. The maximum Gasteiger partial charge on any atom is 0 e. The maximum absolute atomic E-state index is 0. The van der Waals surface area contributed by atoms with Crippen molar-refractivity contribution in [3.05, 3.63) is 0 Å². The predicted octanol–water partition coefficient (Wildman–Crippen LogP) is -0.767. The molecule has 0 unspecified atom stereocenters. The zero-order chi connectivity index (χ0) is 0. The first-order chi connectivity index (χ1) is 0. The molecule has 0 atom stereocenters. The van der Waals surface area contributed by atoms with Gasteiger partial charge in [-0.05, 0) is 0 Å². The normalized spacial score (nSPS) is 0. The Hall–Kier alpha value is 1.46. The van der Waals surface area contributed by atoms with Crippen LogP contribution in [-0.4, -0.2) is 19.4 Å². The van der Waals surface area contributed by atoms with E-state index < -0.39 is 0 Å². The molecule has 0 fully saturated rings. The maximum atomic E-state index is 0. The summed E-state index contributed by atoms with van der Waals surface area (Å²) in [4.78, 5) is 0. The molecule has 0 saturated heterocycles. The predicted molar refractivity (Wildman–Crippen MR) is 11.5 cm³/mol. The van der Waals surface area contributed by atoms with Crippen molar-refractivity contribution in [1.29, 1.82) is 0 Å². The van der Waals surface area contributed by atoms with E-state index in [4.69, 9.17) is 0 Å². The van der Waals surface area contributed by atoms with Gasteiger partial charge in [0.2, 0.25) is 0 Å². The van der Waals surface area contributed by atoms with Crippen molar-refractivity contribution in [2.45, 2.75) is 0 Å². The molecule has 0 nitrogen and oxygen atoms in total. The van der Waals surface area contributed by atoms with Crippen LogP contribution in [0.3, 0.4) is 0 Å². The zero-order valence-corrected chi connectivity index (χ0v) is 6.72. The van der Waals surface area contributed by atoms with E-state index in [0.717, 1.165) is 0 Å². The Balaban J connectivity index is 0. The summed E-state index contributed by atoms with van der Waals surface area (Å²) >= 11 is 0. The van der Waals surface area contributed by atoms with Crippen molar-refractivity contribution in [3.63, 3.8) is 0 Å². The van der Waals surface area contributed by atoms with E-state index in [2.05, 4.69) is 0 Å². The van der Waals surface area contributed by atoms with Gasteiger partial charge in [0.1, 0.15) is 0 Å². The van der Waals surface area contributed by atoms with Crippen LogP contribution in [0, 0.1) is 0 Å². The second-order valence-corrected chi connectivity index (χ2v) is 0. The molecular weight excluding hydrogens is 281 g/mol. The van der Waals surface area contributed by atoms with E-state index in [9.17, 15) is 0 Å². The van der Waals surface area contributed by atoms with Crippen LogP contribution >= 0.6 is 0 Å². The average Bonchev–Trinajstić information content (AvgIpc) is 0. The van der Waals surface area contributed by atoms with Gasteiger partial charge in [0.15, 0.2) is 0 Å². The third-order valence-corrected chi connectivity index (χ3v) is 0. The fourth-order valence-electron chi connectivity index (χ4n) is 0. The third-order valence-electron chi connectivity index (χ3n) is 0. The van der Waals surface area contributed by atoms with Gasteiger partial charge < -0.3 is 0 Å². The molecule has 0 aliphatic carbocycles. The zero-order valence-electron chi connectivity index (χ0n) is 1.80. The molecule has 0 rings (SSSR count). The average molecular weight is 281 g/mol. The van der Waals surface area contributed by atoms with Gasteiger partial charge in [0.25, 0.3) is 0 Å². The summed E-state index contributed by atoms with van der Waals surface area (Å²) in [5.41, 5.74) is 0. The molecule has 0 saturated carbocycles. The molecule has 0 aromatic rings. The molecule has 7 radical (unpaired) electrons. The second kappa shape index (κ2) is 25.0. The largest absolute Gasteiger partial charge is 0 e. The molecule has 23 valence electrons. The van der Waals surface area contributed by atoms with Crippen molar-refractivity contribution in [3.8, 4) is 0 Å². The molecular formula is BNiSiW. The summed E-state index contributed by atoms with van der Waals surface area (Å²) in [5, 5.41) is 0. The molecule has 4 heteroatoms. The molecule has 0 heterocycles. The van der Waals surface area contributed by atoms with Gasteiger partial charge in [-0.3, -0.25) is 0 Å². The van der Waals surface area contributed by atoms with Gasteiger partial charge in [-0.15, -0.1) is 0 Å². The monoisotopic (exact) mass is 281 g/mol. The summed E-state index contributed by atoms with van der Waals surface area (Å²) in [6.45, 7) is 0. The summed E-state index contributed by atoms with van der Waals surface area (Å²) in [6, 6.07) is 0. The van der Waals surface area contributed by atoms with Crippen molar-refractivity contribution in [1.82, 2.24) is 0 Å². The van der Waals surface area contributed by atoms with Gasteiger partial charge >= 0.3 is 0 Å². The Labute approximate surface area is 56.9 Å². The van der Waals surface area contributed by atoms with Crippen molar-refractivity contribution in [2.75, 3.05) is 0 Å². The van der Waals surface area contributed by atoms with Gasteiger partial charge in [-0.1, -0.05) is 0 Å². The van der Waals surface area contributed by atoms with Gasteiger partial charge in [-0.2, -0.15) is 0 Å². The number of hydrogen-bond donors (Lipinski definition) is 0. The molecule has 0 aliphatic heterocycles. The van der Waals surface area contributed by atoms with Crippen LogP contribution in [0.5, 0.6) is 0 Å². The first-order valence-corrected chi connectivity index (χ1v) is 0. The topological polar surface area (TPSA) is 0 Å². The van der Waals surface area contributed by atoms with Gasteiger partial charge in [0, 0.05) is 56.9 Å². The third kappa shape index (κ3) is 9.81. The van der Waals surface area contributed by atoms with Crippen LogP contribution in [0.25, 0.3) is 0 Å². The van der Waals surface area contributed by atoms with Crippen LogP contribution in [0.4, 0.5) is 0 Å². The molecule has 0 amide bonds. The number of rotatable bonds is 0. The fraction of sp³-hybridized carbons (Fsp3) is 0. The standard InChI is InChI=1S/B.Ni.Si.W. The summed E-state index contributed by atoms with van der Waals surface area (Å²) in [5.74, 6) is 0. The van der Waals surface area contributed by atoms with E-state index in [1.54, 1.807) is 0 Å². The van der Waals surface area contributed by atoms with Crippen LogP contribution in [0.15, 0.2) is 0 Å². The van der Waals surface area contributed by atoms with Crippen LogP contribution in [0.1, 0.15) is 0 Å². The first-order valence-electron chi connectivity index (χ1n) is 0. The Kier molecular flexibility index (Phi) is 318. The molecule has 0 bridgehead atoms. The van der Waals surface area contributed by atoms with Crippen LogP contribution in [-0.2, 0) is 37.6 Å². The van der Waals surface area contributed by atoms with Crippen molar-refractivity contribution in [2.24, 2.45) is 0 Å². The Bertz CT molecular complexity index is 8.00. The van der Waals surface area contributed by atoms with E-state index in [1.165, 1.54) is 0 Å². The Morgan fingerprint density at radius 2 is 1.00 bits per heavy atom. The number of hydrogen-bond acceptors (Lipinski definition) is 0. The molecule has 0 spiro atoms. The fourth-order valence-corrected chi connectivity index (χ4v) is 0. The minimum Gasteiger partial charge on any atom is 0 e. The first kappa shape index (κ1) is 50.8. The molecule has 0 aromatic carbocycles. The van der Waals surface area contributed by atoms with E-state index in [-0.39, 0.29) is 56.9 Å². The SMILES string of the molecule is [B].[Ni].[Si].[W]. The summed E-state index contributed by atoms with van der Waals surface area (Å²) in [6.07, 6.45) is 0. The van der Waals surface area contributed by atoms with Crippen molar-refractivity contribution >= 4 is 19.4 Å². The second-order valence-electron chi connectivity index (χ2n) is 0. The molecule has 0 N–H and O–H groups in total. The molecule has 0 aromatic heterocycles. The molecule has 0 aliphatic rings. The van der Waals surface area contributed by atoms with Gasteiger partial charge in [-0.25, -0.2) is 0 Å².